The number of hydrogen-bond acceptors (Lipinski definition) is 5. The van der Waals surface area contributed by atoms with Gasteiger partial charge >= 0.3 is 0 Å². The van der Waals surface area contributed by atoms with Crippen molar-refractivity contribution in [2.75, 3.05) is 26.2 Å². The van der Waals surface area contributed by atoms with Crippen LogP contribution < -0.4 is 5.32 Å². The first kappa shape index (κ1) is 20.9. The summed E-state index contributed by atoms with van der Waals surface area (Å²) in [6.07, 6.45) is 2.31. The monoisotopic (exact) mass is 476 g/mol. The molecule has 0 spiro atoms. The normalized spacial score (nSPS) is 19.9. The minimum absolute atomic E-state index is 0. The molecule has 0 radical (unpaired) electrons. The van der Waals surface area contributed by atoms with E-state index in [-0.39, 0.29) is 35.4 Å². The first-order valence-electron chi connectivity index (χ1n) is 9.04. The van der Waals surface area contributed by atoms with E-state index in [2.05, 4.69) is 39.2 Å². The molecule has 2 heterocycles. The molecule has 0 unspecified atom stereocenters. The summed E-state index contributed by atoms with van der Waals surface area (Å²) < 4.78 is 5.30. The topological polar surface area (TPSA) is 86.9 Å². The second-order valence-corrected chi connectivity index (χ2v) is 7.40. The van der Waals surface area contributed by atoms with Gasteiger partial charge in [0.05, 0.1) is 5.54 Å². The first-order chi connectivity index (χ1) is 11.9. The molecule has 2 aliphatic rings. The third-order valence-corrected chi connectivity index (χ3v) is 4.71. The van der Waals surface area contributed by atoms with Crippen molar-refractivity contribution in [3.63, 3.8) is 0 Å². The highest BCUT2D eigenvalue weighted by Gasteiger charge is 2.36. The van der Waals surface area contributed by atoms with E-state index in [1.54, 1.807) is 6.92 Å². The number of rotatable bonds is 4. The number of guanidine groups is 1. The van der Waals surface area contributed by atoms with Gasteiger partial charge in [-0.3, -0.25) is 4.79 Å². The lowest BCUT2D eigenvalue weighted by Gasteiger charge is -2.47. The van der Waals surface area contributed by atoms with Gasteiger partial charge in [-0.1, -0.05) is 5.16 Å². The Morgan fingerprint density at radius 2 is 2.12 bits per heavy atom. The van der Waals surface area contributed by atoms with E-state index in [0.29, 0.717) is 24.9 Å². The van der Waals surface area contributed by atoms with Crippen LogP contribution in [0.3, 0.4) is 0 Å². The van der Waals surface area contributed by atoms with Gasteiger partial charge in [0.15, 0.2) is 11.8 Å². The molecule has 1 N–H and O–H groups in total. The van der Waals surface area contributed by atoms with Gasteiger partial charge in [-0.15, -0.1) is 24.0 Å². The largest absolute Gasteiger partial charge is 0.357 e. The summed E-state index contributed by atoms with van der Waals surface area (Å²) in [5.41, 5.74) is -0.232. The van der Waals surface area contributed by atoms with Crippen LogP contribution in [0.15, 0.2) is 9.52 Å². The Balaban J connectivity index is 0.00000243. The Morgan fingerprint density at radius 3 is 2.69 bits per heavy atom. The number of nitrogens with one attached hydrogen (secondary N) is 1. The molecule has 9 heteroatoms. The fourth-order valence-electron chi connectivity index (χ4n) is 3.33. The quantitative estimate of drug-likeness (QED) is 0.407. The number of hydrogen-bond donors (Lipinski definition) is 1. The smallest absolute Gasteiger partial charge is 0.248 e. The van der Waals surface area contributed by atoms with Crippen LogP contribution in [0.25, 0.3) is 0 Å². The highest BCUT2D eigenvalue weighted by Crippen LogP contribution is 2.38. The van der Waals surface area contributed by atoms with Crippen LogP contribution in [0.5, 0.6) is 0 Å². The van der Waals surface area contributed by atoms with Gasteiger partial charge in [0.25, 0.3) is 0 Å². The van der Waals surface area contributed by atoms with E-state index < -0.39 is 0 Å². The van der Waals surface area contributed by atoms with Crippen molar-refractivity contribution in [1.29, 1.82) is 0 Å². The average molecular weight is 476 g/mol. The summed E-state index contributed by atoms with van der Waals surface area (Å²) >= 11 is 0. The first-order valence-corrected chi connectivity index (χ1v) is 9.04. The van der Waals surface area contributed by atoms with E-state index in [9.17, 15) is 4.79 Å². The molecule has 0 aromatic carbocycles. The maximum atomic E-state index is 11.8. The summed E-state index contributed by atoms with van der Waals surface area (Å²) in [6, 6.07) is 0. The van der Waals surface area contributed by atoms with Gasteiger partial charge in [-0.2, -0.15) is 4.98 Å². The lowest BCUT2D eigenvalue weighted by Crippen LogP contribution is -2.63. The van der Waals surface area contributed by atoms with Crippen molar-refractivity contribution in [3.8, 4) is 0 Å². The van der Waals surface area contributed by atoms with Crippen LogP contribution in [0.1, 0.15) is 58.2 Å². The molecule has 1 saturated heterocycles. The van der Waals surface area contributed by atoms with E-state index in [4.69, 9.17) is 4.52 Å². The third-order valence-electron chi connectivity index (χ3n) is 4.71. The highest BCUT2D eigenvalue weighted by atomic mass is 127. The van der Waals surface area contributed by atoms with Crippen LogP contribution in [0.2, 0.25) is 0 Å². The van der Waals surface area contributed by atoms with Gasteiger partial charge in [-0.25, -0.2) is 4.99 Å². The Kier molecular flexibility index (Phi) is 6.86. The Hall–Kier alpha value is -1.39. The van der Waals surface area contributed by atoms with Gasteiger partial charge in [0, 0.05) is 39.0 Å². The number of carbonyl (C=O) groups is 1. The zero-order chi connectivity index (χ0) is 18.0. The molecular weight excluding hydrogens is 447 g/mol. The summed E-state index contributed by atoms with van der Waals surface area (Å²) in [7, 11) is 0. The molecule has 1 saturated carbocycles. The summed E-state index contributed by atoms with van der Waals surface area (Å²) in [5.74, 6) is 2.79. The van der Waals surface area contributed by atoms with Crippen molar-refractivity contribution in [2.45, 2.75) is 58.5 Å². The molecule has 3 rings (SSSR count). The fourth-order valence-corrected chi connectivity index (χ4v) is 3.33. The average Bonchev–Trinajstić information content (AvgIpc) is 3.29. The molecule has 1 aliphatic carbocycles. The molecule has 0 atom stereocenters. The summed E-state index contributed by atoms with van der Waals surface area (Å²) in [4.78, 5) is 25.0. The molecule has 26 heavy (non-hydrogen) atoms. The molecule has 1 aromatic rings. The zero-order valence-electron chi connectivity index (χ0n) is 16.0. The number of carbonyl (C=O) groups excluding carboxylic acids is 1. The van der Waals surface area contributed by atoms with Crippen LogP contribution in [0.4, 0.5) is 0 Å². The Morgan fingerprint density at radius 1 is 1.38 bits per heavy atom. The number of piperazine rings is 1. The van der Waals surface area contributed by atoms with Crippen molar-refractivity contribution >= 4 is 35.8 Å². The number of aromatic nitrogens is 2. The predicted molar refractivity (Wildman–Crippen MR) is 110 cm³/mol. The SMILES string of the molecule is CCNC(=NCc1nc(C2CC2)no1)N1CCN(C(C)=O)C(C)(C)C1.I. The fraction of sp³-hybridized carbons (Fsp3) is 0.765. The van der Waals surface area contributed by atoms with Crippen LogP contribution in [-0.4, -0.2) is 63.5 Å². The minimum Gasteiger partial charge on any atom is -0.357 e. The van der Waals surface area contributed by atoms with E-state index >= 15 is 0 Å². The molecule has 1 aromatic heterocycles. The van der Waals surface area contributed by atoms with E-state index in [0.717, 1.165) is 44.3 Å². The number of aliphatic imine (C=N–C) groups is 1. The molecule has 2 fully saturated rings. The molecule has 146 valence electrons. The van der Waals surface area contributed by atoms with Gasteiger partial charge in [0.2, 0.25) is 11.8 Å². The lowest BCUT2D eigenvalue weighted by molar-refractivity contribution is -0.136. The Bertz CT molecular complexity index is 655. The van der Waals surface area contributed by atoms with Crippen molar-refractivity contribution in [3.05, 3.63) is 11.7 Å². The van der Waals surface area contributed by atoms with Crippen molar-refractivity contribution in [1.82, 2.24) is 25.3 Å². The van der Waals surface area contributed by atoms with E-state index in [1.807, 2.05) is 11.8 Å². The maximum absolute atomic E-state index is 11.8. The summed E-state index contributed by atoms with van der Waals surface area (Å²) in [5, 5.41) is 7.36. The third kappa shape index (κ3) is 4.86. The standard InChI is InChI=1S/C17H28N6O2.HI/c1-5-18-16(19-10-14-20-15(21-25-14)13-6-7-13)22-8-9-23(12(2)24)17(3,4)11-22;/h13H,5-11H2,1-4H3,(H,18,19);1H. The maximum Gasteiger partial charge on any atom is 0.248 e. The van der Waals surface area contributed by atoms with Crippen LogP contribution in [-0.2, 0) is 11.3 Å². The minimum atomic E-state index is -0.232. The number of amides is 1. The van der Waals surface area contributed by atoms with Crippen LogP contribution in [0, 0.1) is 0 Å². The van der Waals surface area contributed by atoms with Crippen molar-refractivity contribution in [2.24, 2.45) is 4.99 Å². The molecule has 8 nitrogen and oxygen atoms in total. The predicted octanol–water partition coefficient (Wildman–Crippen LogP) is 1.97. The number of halogens is 1. The molecule has 1 amide bonds. The van der Waals surface area contributed by atoms with E-state index in [1.165, 1.54) is 0 Å². The Labute approximate surface area is 171 Å². The zero-order valence-corrected chi connectivity index (χ0v) is 18.3. The lowest BCUT2D eigenvalue weighted by atomic mass is 9.99. The second kappa shape index (κ2) is 8.53. The molecule has 0 bridgehead atoms. The summed E-state index contributed by atoms with van der Waals surface area (Å²) in [6.45, 7) is 11.2. The van der Waals surface area contributed by atoms with Crippen LogP contribution >= 0.6 is 24.0 Å². The van der Waals surface area contributed by atoms with Gasteiger partial charge in [0.1, 0.15) is 6.54 Å². The second-order valence-electron chi connectivity index (χ2n) is 7.40. The number of nitrogens with zero attached hydrogens (tertiary/aromatic N) is 5. The molecular formula is C17H29IN6O2. The van der Waals surface area contributed by atoms with Gasteiger partial charge in [-0.05, 0) is 33.6 Å². The highest BCUT2D eigenvalue weighted by molar-refractivity contribution is 14.0. The van der Waals surface area contributed by atoms with Gasteiger partial charge < -0.3 is 19.6 Å². The molecule has 1 aliphatic heterocycles. The van der Waals surface area contributed by atoms with Crippen molar-refractivity contribution < 1.29 is 9.32 Å².